The molecule has 0 radical (unpaired) electrons. The van der Waals surface area contributed by atoms with Gasteiger partial charge in [0.15, 0.2) is 0 Å². The second-order valence-electron chi connectivity index (χ2n) is 5.53. The molecule has 0 spiro atoms. The first-order chi connectivity index (χ1) is 9.38. The average Bonchev–Trinajstić information content (AvgIpc) is 2.33. The number of alkyl carbamates (subject to hydrolysis) is 1. The number of ether oxygens (including phenoxy) is 2. The van der Waals surface area contributed by atoms with E-state index in [1.54, 1.807) is 0 Å². The minimum Gasteiger partial charge on any atom is -0.444 e. The number of benzene rings is 1. The van der Waals surface area contributed by atoms with Gasteiger partial charge >= 0.3 is 6.09 Å². The van der Waals surface area contributed by atoms with Gasteiger partial charge in [0.25, 0.3) is 0 Å². The zero-order valence-corrected chi connectivity index (χ0v) is 12.4. The molecule has 0 unspecified atom stereocenters. The van der Waals surface area contributed by atoms with Crippen LogP contribution in [-0.2, 0) is 16.1 Å². The largest absolute Gasteiger partial charge is 0.444 e. The lowest BCUT2D eigenvalue weighted by Crippen LogP contribution is -2.33. The van der Waals surface area contributed by atoms with E-state index in [1.807, 2.05) is 45.0 Å². The van der Waals surface area contributed by atoms with Crippen molar-refractivity contribution in [2.45, 2.75) is 39.4 Å². The van der Waals surface area contributed by atoms with E-state index in [1.165, 1.54) is 0 Å². The van der Waals surface area contributed by atoms with Gasteiger partial charge in [0.2, 0.25) is 0 Å². The van der Waals surface area contributed by atoms with Crippen LogP contribution in [0.4, 0.5) is 10.5 Å². The van der Waals surface area contributed by atoms with Crippen LogP contribution in [0.2, 0.25) is 0 Å². The molecule has 1 amide bonds. The van der Waals surface area contributed by atoms with Crippen molar-refractivity contribution >= 4 is 11.8 Å². The summed E-state index contributed by atoms with van der Waals surface area (Å²) in [4.78, 5) is 11.4. The summed E-state index contributed by atoms with van der Waals surface area (Å²) < 4.78 is 10.6. The summed E-state index contributed by atoms with van der Waals surface area (Å²) >= 11 is 0. The van der Waals surface area contributed by atoms with E-state index in [0.717, 1.165) is 17.7 Å². The molecule has 0 heterocycles. The van der Waals surface area contributed by atoms with Gasteiger partial charge in [0, 0.05) is 24.4 Å². The summed E-state index contributed by atoms with van der Waals surface area (Å²) in [6.07, 6.45) is 0.330. The van der Waals surface area contributed by atoms with Crippen molar-refractivity contribution in [3.63, 3.8) is 0 Å². The molecule has 0 atom stereocenters. The molecule has 0 aliphatic carbocycles. The third kappa shape index (κ3) is 6.99. The Morgan fingerprint density at radius 1 is 1.30 bits per heavy atom. The summed E-state index contributed by atoms with van der Waals surface area (Å²) in [5.74, 6) is 0. The normalized spacial score (nSPS) is 11.2. The molecule has 0 saturated carbocycles. The first-order valence-electron chi connectivity index (χ1n) is 6.76. The number of carbonyl (C=O) groups excluding carboxylic acids is 1. The molecule has 5 nitrogen and oxygen atoms in total. The molecule has 1 aromatic rings. The lowest BCUT2D eigenvalue weighted by atomic mass is 10.2. The number of nitrogens with one attached hydrogen (secondary N) is 1. The standard InChI is InChI=1S/C15H24N2O3/c1-15(2,3)20-14(18)17-9-6-10-19-11-12-7-4-5-8-13(12)16/h4-5,7-8H,6,9-11,16H2,1-3H3,(H,17,18). The molecule has 5 heteroatoms. The second kappa shape index (κ2) is 7.75. The molecule has 0 bridgehead atoms. The van der Waals surface area contributed by atoms with Crippen LogP contribution in [0.25, 0.3) is 0 Å². The molecule has 20 heavy (non-hydrogen) atoms. The highest BCUT2D eigenvalue weighted by Crippen LogP contribution is 2.11. The summed E-state index contributed by atoms with van der Waals surface area (Å²) in [5.41, 5.74) is 7.05. The van der Waals surface area contributed by atoms with Crippen LogP contribution in [0.5, 0.6) is 0 Å². The van der Waals surface area contributed by atoms with Crippen LogP contribution in [0.1, 0.15) is 32.8 Å². The number of anilines is 1. The predicted octanol–water partition coefficient (Wildman–Crippen LogP) is 2.70. The summed E-state index contributed by atoms with van der Waals surface area (Å²) in [6.45, 7) is 7.07. The monoisotopic (exact) mass is 280 g/mol. The molecular weight excluding hydrogens is 256 g/mol. The first-order valence-corrected chi connectivity index (χ1v) is 6.76. The van der Waals surface area contributed by atoms with Crippen molar-refractivity contribution < 1.29 is 14.3 Å². The Balaban J connectivity index is 2.08. The van der Waals surface area contributed by atoms with Gasteiger partial charge in [0.1, 0.15) is 5.60 Å². The molecule has 0 aromatic heterocycles. The molecule has 3 N–H and O–H groups in total. The Kier molecular flexibility index (Phi) is 6.31. The molecular formula is C15H24N2O3. The molecule has 1 rings (SSSR count). The van der Waals surface area contributed by atoms with E-state index >= 15 is 0 Å². The third-order valence-electron chi connectivity index (χ3n) is 2.45. The number of amides is 1. The van der Waals surface area contributed by atoms with Crippen LogP contribution >= 0.6 is 0 Å². The molecule has 0 saturated heterocycles. The SMILES string of the molecule is CC(C)(C)OC(=O)NCCCOCc1ccccc1N. The number of rotatable bonds is 6. The minimum absolute atomic E-state index is 0.398. The zero-order valence-electron chi connectivity index (χ0n) is 12.4. The van der Waals surface area contributed by atoms with Gasteiger partial charge in [-0.2, -0.15) is 0 Å². The topological polar surface area (TPSA) is 73.6 Å². The number of carbonyl (C=O) groups is 1. The number of hydrogen-bond acceptors (Lipinski definition) is 4. The minimum atomic E-state index is -0.467. The highest BCUT2D eigenvalue weighted by atomic mass is 16.6. The lowest BCUT2D eigenvalue weighted by Gasteiger charge is -2.19. The maximum Gasteiger partial charge on any atom is 0.407 e. The van der Waals surface area contributed by atoms with Gasteiger partial charge in [-0.1, -0.05) is 18.2 Å². The van der Waals surface area contributed by atoms with E-state index in [9.17, 15) is 4.79 Å². The van der Waals surface area contributed by atoms with Crippen LogP contribution in [0.15, 0.2) is 24.3 Å². The predicted molar refractivity (Wildman–Crippen MR) is 79.4 cm³/mol. The Labute approximate surface area is 120 Å². The summed E-state index contributed by atoms with van der Waals surface area (Å²) in [7, 11) is 0. The van der Waals surface area contributed by atoms with Crippen LogP contribution in [-0.4, -0.2) is 24.8 Å². The molecule has 0 aliphatic heterocycles. The van der Waals surface area contributed by atoms with Gasteiger partial charge in [-0.3, -0.25) is 0 Å². The molecule has 112 valence electrons. The Morgan fingerprint density at radius 3 is 2.65 bits per heavy atom. The number of nitrogen functional groups attached to an aromatic ring is 1. The average molecular weight is 280 g/mol. The highest BCUT2D eigenvalue weighted by molar-refractivity contribution is 5.67. The summed E-state index contributed by atoms with van der Waals surface area (Å²) in [6, 6.07) is 7.61. The summed E-state index contributed by atoms with van der Waals surface area (Å²) in [5, 5.41) is 2.68. The van der Waals surface area contributed by atoms with Gasteiger partial charge in [-0.05, 0) is 33.3 Å². The van der Waals surface area contributed by atoms with Crippen LogP contribution in [0.3, 0.4) is 0 Å². The van der Waals surface area contributed by atoms with E-state index < -0.39 is 11.7 Å². The van der Waals surface area contributed by atoms with Gasteiger partial charge < -0.3 is 20.5 Å². The van der Waals surface area contributed by atoms with E-state index in [4.69, 9.17) is 15.2 Å². The van der Waals surface area contributed by atoms with Crippen molar-refractivity contribution in [2.24, 2.45) is 0 Å². The number of para-hydroxylation sites is 1. The third-order valence-corrected chi connectivity index (χ3v) is 2.45. The Hall–Kier alpha value is -1.75. The second-order valence-corrected chi connectivity index (χ2v) is 5.53. The van der Waals surface area contributed by atoms with Crippen LogP contribution < -0.4 is 11.1 Å². The van der Waals surface area contributed by atoms with Crippen LogP contribution in [0, 0.1) is 0 Å². The van der Waals surface area contributed by atoms with Crippen molar-refractivity contribution in [1.82, 2.24) is 5.32 Å². The Bertz CT molecular complexity index is 427. The van der Waals surface area contributed by atoms with Gasteiger partial charge in [-0.25, -0.2) is 4.79 Å². The lowest BCUT2D eigenvalue weighted by molar-refractivity contribution is 0.0518. The Morgan fingerprint density at radius 2 is 2.00 bits per heavy atom. The smallest absolute Gasteiger partial charge is 0.407 e. The highest BCUT2D eigenvalue weighted by Gasteiger charge is 2.15. The van der Waals surface area contributed by atoms with E-state index in [-0.39, 0.29) is 0 Å². The van der Waals surface area contributed by atoms with Crippen molar-refractivity contribution in [3.8, 4) is 0 Å². The number of hydrogen-bond donors (Lipinski definition) is 2. The van der Waals surface area contributed by atoms with Crippen molar-refractivity contribution in [3.05, 3.63) is 29.8 Å². The van der Waals surface area contributed by atoms with Crippen molar-refractivity contribution in [2.75, 3.05) is 18.9 Å². The maximum absolute atomic E-state index is 11.4. The maximum atomic E-state index is 11.4. The number of nitrogens with two attached hydrogens (primary N) is 1. The zero-order chi connectivity index (χ0) is 15.0. The quantitative estimate of drug-likeness (QED) is 0.620. The molecule has 0 aliphatic rings. The molecule has 1 aromatic carbocycles. The van der Waals surface area contributed by atoms with Crippen molar-refractivity contribution in [1.29, 1.82) is 0 Å². The van der Waals surface area contributed by atoms with Gasteiger partial charge in [0.05, 0.1) is 6.61 Å². The fourth-order valence-corrected chi connectivity index (χ4v) is 1.53. The van der Waals surface area contributed by atoms with E-state index in [2.05, 4.69) is 5.32 Å². The molecule has 0 fully saturated rings. The fourth-order valence-electron chi connectivity index (χ4n) is 1.53. The fraction of sp³-hybridized carbons (Fsp3) is 0.533. The first kappa shape index (κ1) is 16.3. The van der Waals surface area contributed by atoms with Gasteiger partial charge in [-0.15, -0.1) is 0 Å². The van der Waals surface area contributed by atoms with E-state index in [0.29, 0.717) is 19.8 Å².